The molecule has 1 N–H and O–H groups in total. The van der Waals surface area contributed by atoms with Crippen LogP contribution in [0, 0.1) is 12.8 Å². The SMILES string of the molecule is Cc1ccccc1C1(c2noc(C3=CC(C(F)F)=NI3C3CCC(C(=O)O)CC3)n2)CC1. The average molecular weight is 555 g/mol. The molecule has 2 heterocycles. The fraction of sp³-hybridized carbons (Fsp3) is 0.478. The van der Waals surface area contributed by atoms with E-state index >= 15 is 0 Å². The van der Waals surface area contributed by atoms with E-state index < -0.39 is 32.5 Å². The van der Waals surface area contributed by atoms with Crippen LogP contribution in [0.2, 0.25) is 0 Å². The summed E-state index contributed by atoms with van der Waals surface area (Å²) in [7, 11) is 0. The molecule has 32 heavy (non-hydrogen) atoms. The number of aryl methyl sites for hydroxylation is 1. The quantitative estimate of drug-likeness (QED) is 0.371. The number of benzene rings is 1. The first-order valence-electron chi connectivity index (χ1n) is 10.8. The Morgan fingerprint density at radius 1 is 1.22 bits per heavy atom. The predicted octanol–water partition coefficient (Wildman–Crippen LogP) is 5.58. The molecule has 2 fully saturated rings. The van der Waals surface area contributed by atoms with Crippen molar-refractivity contribution in [1.29, 1.82) is 0 Å². The summed E-state index contributed by atoms with van der Waals surface area (Å²) >= 11 is -2.42. The minimum absolute atomic E-state index is 0.138. The summed E-state index contributed by atoms with van der Waals surface area (Å²) in [4.78, 5) is 16.0. The number of alkyl halides is 3. The van der Waals surface area contributed by atoms with Crippen molar-refractivity contribution in [2.75, 3.05) is 0 Å². The average Bonchev–Trinajstić information content (AvgIpc) is 3.22. The number of carboxylic acids is 1. The number of halogens is 3. The van der Waals surface area contributed by atoms with Gasteiger partial charge in [-0.05, 0) is 0 Å². The van der Waals surface area contributed by atoms with Crippen molar-refractivity contribution in [2.24, 2.45) is 9.12 Å². The zero-order valence-corrected chi connectivity index (χ0v) is 19.8. The second-order valence-electron chi connectivity index (χ2n) is 8.70. The van der Waals surface area contributed by atoms with Crippen molar-refractivity contribution in [3.05, 3.63) is 53.2 Å². The Bertz CT molecular complexity index is 1100. The van der Waals surface area contributed by atoms with Crippen LogP contribution >= 0.6 is 20.1 Å². The van der Waals surface area contributed by atoms with Crippen LogP contribution in [0.5, 0.6) is 0 Å². The van der Waals surface area contributed by atoms with Crippen molar-refractivity contribution in [3.63, 3.8) is 0 Å². The summed E-state index contributed by atoms with van der Waals surface area (Å²) in [6, 6.07) is 8.16. The molecular formula is C23H24F2IN3O3. The number of carbonyl (C=O) groups is 1. The number of rotatable bonds is 6. The number of carboxylic acid groups (broad SMARTS) is 1. The summed E-state index contributed by atoms with van der Waals surface area (Å²) in [5.41, 5.74) is 1.88. The number of nitrogens with zero attached hydrogens (tertiary/aromatic N) is 3. The zero-order valence-electron chi connectivity index (χ0n) is 17.6. The molecule has 2 saturated carbocycles. The predicted molar refractivity (Wildman–Crippen MR) is 124 cm³/mol. The Morgan fingerprint density at radius 3 is 2.56 bits per heavy atom. The zero-order chi connectivity index (χ0) is 22.5. The Kier molecular flexibility index (Phi) is 5.63. The molecule has 2 aliphatic carbocycles. The van der Waals surface area contributed by atoms with E-state index in [0.717, 1.165) is 12.8 Å². The third-order valence-electron chi connectivity index (χ3n) is 6.66. The maximum atomic E-state index is 13.5. The summed E-state index contributed by atoms with van der Waals surface area (Å²) in [6.07, 6.45) is 3.15. The fourth-order valence-electron chi connectivity index (χ4n) is 4.71. The minimum atomic E-state index is -2.65. The number of aromatic nitrogens is 2. The van der Waals surface area contributed by atoms with Gasteiger partial charge in [-0.3, -0.25) is 0 Å². The molecule has 1 aromatic carbocycles. The van der Waals surface area contributed by atoms with Gasteiger partial charge in [-0.1, -0.05) is 0 Å². The monoisotopic (exact) mass is 555 g/mol. The molecule has 5 rings (SSSR count). The van der Waals surface area contributed by atoms with Crippen molar-refractivity contribution >= 4 is 35.4 Å². The van der Waals surface area contributed by atoms with Crippen LogP contribution in [-0.4, -0.2) is 37.3 Å². The van der Waals surface area contributed by atoms with Crippen LogP contribution in [-0.2, 0) is 10.2 Å². The maximum absolute atomic E-state index is 13.5. The number of hydrogen-bond donors (Lipinski definition) is 1. The Balaban J connectivity index is 1.43. The van der Waals surface area contributed by atoms with Crippen LogP contribution in [0.15, 0.2) is 38.1 Å². The normalized spacial score (nSPS) is 25.6. The Hall–Kier alpha value is -2.17. The van der Waals surface area contributed by atoms with Gasteiger partial charge in [0.2, 0.25) is 0 Å². The molecule has 0 spiro atoms. The number of aliphatic carboxylic acids is 1. The molecule has 6 nitrogen and oxygen atoms in total. The first-order chi connectivity index (χ1) is 15.4. The van der Waals surface area contributed by atoms with Crippen molar-refractivity contribution in [2.45, 2.75) is 61.2 Å². The first kappa shape index (κ1) is 21.7. The molecule has 0 amide bonds. The molecular weight excluding hydrogens is 531 g/mol. The molecule has 0 atom stereocenters. The summed E-state index contributed by atoms with van der Waals surface area (Å²) in [5.74, 6) is -0.211. The van der Waals surface area contributed by atoms with Gasteiger partial charge in [0.05, 0.1) is 0 Å². The number of hydrogen-bond acceptors (Lipinski definition) is 5. The third-order valence-corrected chi connectivity index (χ3v) is 12.6. The molecule has 0 bridgehead atoms. The fourth-order valence-corrected chi connectivity index (χ4v) is 10.5. The van der Waals surface area contributed by atoms with E-state index in [1.165, 1.54) is 17.2 Å². The van der Waals surface area contributed by atoms with E-state index in [0.29, 0.717) is 41.0 Å². The van der Waals surface area contributed by atoms with Gasteiger partial charge < -0.3 is 0 Å². The van der Waals surface area contributed by atoms with E-state index in [-0.39, 0.29) is 21.0 Å². The summed E-state index contributed by atoms with van der Waals surface area (Å²) < 4.78 is 37.9. The van der Waals surface area contributed by atoms with E-state index in [2.05, 4.69) is 27.4 Å². The standard InChI is InChI=1S/C23H24F2IN3O3/c1-13-4-2-3-5-16(13)23(10-11-23)22-27-20(32-29-22)17-12-18(19(24)25)28-26(17)15-8-6-14(7-9-15)21(30)31/h2-5,12,14-15,19H,6-11H2,1H3,(H,30,31). The van der Waals surface area contributed by atoms with Crippen molar-refractivity contribution in [1.82, 2.24) is 10.1 Å². The molecule has 170 valence electrons. The number of allylic oxidation sites excluding steroid dienone is 1. The Labute approximate surface area is 191 Å². The molecule has 1 aliphatic heterocycles. The van der Waals surface area contributed by atoms with Crippen LogP contribution in [0.1, 0.15) is 61.4 Å². The van der Waals surface area contributed by atoms with Gasteiger partial charge in [-0.2, -0.15) is 0 Å². The molecule has 3 aliphatic rings. The van der Waals surface area contributed by atoms with Gasteiger partial charge in [0, 0.05) is 0 Å². The first-order valence-corrected chi connectivity index (χ1v) is 14.1. The van der Waals surface area contributed by atoms with Crippen molar-refractivity contribution < 1.29 is 23.2 Å². The van der Waals surface area contributed by atoms with E-state index in [1.807, 2.05) is 12.1 Å². The van der Waals surface area contributed by atoms with Crippen LogP contribution in [0.3, 0.4) is 0 Å². The van der Waals surface area contributed by atoms with Gasteiger partial charge in [0.25, 0.3) is 0 Å². The van der Waals surface area contributed by atoms with E-state index in [9.17, 15) is 18.7 Å². The Morgan fingerprint density at radius 2 is 1.94 bits per heavy atom. The van der Waals surface area contributed by atoms with Gasteiger partial charge in [0.15, 0.2) is 0 Å². The van der Waals surface area contributed by atoms with Crippen LogP contribution < -0.4 is 0 Å². The van der Waals surface area contributed by atoms with Crippen molar-refractivity contribution in [3.8, 4) is 0 Å². The van der Waals surface area contributed by atoms with Crippen LogP contribution in [0.4, 0.5) is 8.78 Å². The van der Waals surface area contributed by atoms with E-state index in [1.54, 1.807) is 0 Å². The molecule has 0 unspecified atom stereocenters. The molecule has 1 aromatic heterocycles. The summed E-state index contributed by atoms with van der Waals surface area (Å²) in [6.45, 7) is 2.07. The van der Waals surface area contributed by atoms with Crippen LogP contribution in [0.25, 0.3) is 3.58 Å². The van der Waals surface area contributed by atoms with Gasteiger partial charge in [0.1, 0.15) is 0 Å². The summed E-state index contributed by atoms with van der Waals surface area (Å²) in [5, 5.41) is 13.6. The van der Waals surface area contributed by atoms with Gasteiger partial charge in [-0.25, -0.2) is 0 Å². The molecule has 0 saturated heterocycles. The second-order valence-corrected chi connectivity index (χ2v) is 13.8. The molecule has 9 heteroatoms. The van der Waals surface area contributed by atoms with Gasteiger partial charge >= 0.3 is 192 Å². The molecule has 0 radical (unpaired) electrons. The van der Waals surface area contributed by atoms with E-state index in [4.69, 9.17) is 9.51 Å². The molecule has 2 aromatic rings. The topological polar surface area (TPSA) is 88.6 Å². The second kappa shape index (κ2) is 8.31. The van der Waals surface area contributed by atoms with Gasteiger partial charge in [-0.15, -0.1) is 0 Å². The third kappa shape index (κ3) is 3.78.